The van der Waals surface area contributed by atoms with Crippen molar-refractivity contribution in [1.29, 1.82) is 0 Å². The number of thiophene rings is 1. The van der Waals surface area contributed by atoms with Crippen LogP contribution in [0.5, 0.6) is 0 Å². The lowest BCUT2D eigenvalue weighted by Crippen LogP contribution is -2.38. The molecule has 174 valence electrons. The number of aryl methyl sites for hydroxylation is 2. The van der Waals surface area contributed by atoms with Gasteiger partial charge in [0.2, 0.25) is 5.91 Å². The van der Waals surface area contributed by atoms with Crippen molar-refractivity contribution < 1.29 is 14.7 Å². The molecule has 0 atom stereocenters. The molecule has 2 aliphatic rings. The molecule has 0 spiro atoms. The highest BCUT2D eigenvalue weighted by Gasteiger charge is 2.31. The van der Waals surface area contributed by atoms with E-state index in [1.807, 2.05) is 28.5 Å². The van der Waals surface area contributed by atoms with Crippen LogP contribution in [0.1, 0.15) is 58.7 Å². The van der Waals surface area contributed by atoms with Crippen molar-refractivity contribution in [3.05, 3.63) is 51.0 Å². The molecular weight excluding hydrogens is 434 g/mol. The van der Waals surface area contributed by atoms with Gasteiger partial charge < -0.3 is 14.6 Å². The maximum absolute atomic E-state index is 13.2. The average Bonchev–Trinajstić information content (AvgIpc) is 3.30. The quantitative estimate of drug-likeness (QED) is 0.580. The van der Waals surface area contributed by atoms with Crippen molar-refractivity contribution >= 4 is 34.2 Å². The zero-order valence-electron chi connectivity index (χ0n) is 19.3. The van der Waals surface area contributed by atoms with E-state index in [0.717, 1.165) is 38.0 Å². The number of aromatic nitrogens is 2. The Bertz CT molecular complexity index is 1200. The summed E-state index contributed by atoms with van der Waals surface area (Å²) in [6, 6.07) is 6.42. The Morgan fingerprint density at radius 3 is 2.70 bits per heavy atom. The van der Waals surface area contributed by atoms with Gasteiger partial charge in [-0.3, -0.25) is 9.59 Å². The number of hydrogen-bond acceptors (Lipinski definition) is 4. The van der Waals surface area contributed by atoms with Gasteiger partial charge >= 0.3 is 5.97 Å². The Morgan fingerprint density at radius 1 is 1.21 bits per heavy atom. The average molecular weight is 466 g/mol. The van der Waals surface area contributed by atoms with Crippen molar-refractivity contribution in [3.63, 3.8) is 0 Å². The minimum absolute atomic E-state index is 0.201. The van der Waals surface area contributed by atoms with Crippen LogP contribution in [0.15, 0.2) is 24.4 Å². The molecule has 1 N–H and O–H groups in total. The number of nitrogens with zero attached hydrogens (tertiary/aromatic N) is 3. The SMILES string of the molecule is Cc1cc(Cn2c3c(c4cccnc42)CCN(C(=O)CC2CCC(C(=O)O)CC2)C3)c(C)s1. The molecule has 6 nitrogen and oxygen atoms in total. The predicted molar refractivity (Wildman–Crippen MR) is 129 cm³/mol. The third-order valence-electron chi connectivity index (χ3n) is 7.50. The van der Waals surface area contributed by atoms with Gasteiger partial charge in [0.15, 0.2) is 0 Å². The van der Waals surface area contributed by atoms with E-state index in [2.05, 4.69) is 30.5 Å². The van der Waals surface area contributed by atoms with Crippen LogP contribution in [0.3, 0.4) is 0 Å². The number of carboxylic acids is 1. The molecule has 0 unspecified atom stereocenters. The van der Waals surface area contributed by atoms with Gasteiger partial charge in [-0.15, -0.1) is 11.3 Å². The summed E-state index contributed by atoms with van der Waals surface area (Å²) in [5.41, 5.74) is 4.86. The molecular formula is C26H31N3O3S. The first-order valence-corrected chi connectivity index (χ1v) is 12.7. The molecule has 1 aliphatic heterocycles. The second-order valence-corrected chi connectivity index (χ2v) is 11.1. The molecule has 1 amide bonds. The monoisotopic (exact) mass is 465 g/mol. The molecule has 0 aromatic carbocycles. The van der Waals surface area contributed by atoms with Crippen LogP contribution in [0, 0.1) is 25.7 Å². The van der Waals surface area contributed by atoms with Gasteiger partial charge in [0.05, 0.1) is 19.0 Å². The van der Waals surface area contributed by atoms with Gasteiger partial charge in [0.1, 0.15) is 5.65 Å². The lowest BCUT2D eigenvalue weighted by molar-refractivity contribution is -0.143. The van der Waals surface area contributed by atoms with Crippen molar-refractivity contribution in [2.24, 2.45) is 11.8 Å². The third-order valence-corrected chi connectivity index (χ3v) is 8.51. The van der Waals surface area contributed by atoms with Gasteiger partial charge in [-0.2, -0.15) is 0 Å². The molecule has 4 heterocycles. The summed E-state index contributed by atoms with van der Waals surface area (Å²) in [6.07, 6.45) is 6.29. The first kappa shape index (κ1) is 22.1. The fraction of sp³-hybridized carbons (Fsp3) is 0.500. The Hall–Kier alpha value is -2.67. The first-order chi connectivity index (χ1) is 15.9. The molecule has 7 heteroatoms. The van der Waals surface area contributed by atoms with Crippen molar-refractivity contribution in [3.8, 4) is 0 Å². The van der Waals surface area contributed by atoms with Crippen LogP contribution in [0.2, 0.25) is 0 Å². The van der Waals surface area contributed by atoms with E-state index in [1.165, 1.54) is 32.0 Å². The second kappa shape index (κ2) is 8.93. The normalized spacial score (nSPS) is 20.7. The summed E-state index contributed by atoms with van der Waals surface area (Å²) in [5, 5.41) is 10.4. The lowest BCUT2D eigenvalue weighted by Gasteiger charge is -2.31. The van der Waals surface area contributed by atoms with Gasteiger partial charge in [-0.1, -0.05) is 0 Å². The van der Waals surface area contributed by atoms with Gasteiger partial charge in [0.25, 0.3) is 0 Å². The summed E-state index contributed by atoms with van der Waals surface area (Å²) < 4.78 is 2.32. The van der Waals surface area contributed by atoms with Crippen LogP contribution in [-0.4, -0.2) is 38.0 Å². The molecule has 1 aliphatic carbocycles. The number of rotatable bonds is 5. The molecule has 1 saturated carbocycles. The van der Waals surface area contributed by atoms with Crippen molar-refractivity contribution in [2.75, 3.05) is 6.54 Å². The van der Waals surface area contributed by atoms with Crippen LogP contribution in [0.4, 0.5) is 0 Å². The number of aliphatic carboxylic acids is 1. The van der Waals surface area contributed by atoms with Crippen molar-refractivity contribution in [1.82, 2.24) is 14.5 Å². The highest BCUT2D eigenvalue weighted by atomic mass is 32.1. The number of carbonyl (C=O) groups excluding carboxylic acids is 1. The van der Waals surface area contributed by atoms with Crippen LogP contribution < -0.4 is 0 Å². The van der Waals surface area contributed by atoms with Gasteiger partial charge in [0, 0.05) is 40.0 Å². The minimum atomic E-state index is -0.694. The number of fused-ring (bicyclic) bond motifs is 3. The molecule has 0 radical (unpaired) electrons. The molecule has 0 saturated heterocycles. The highest BCUT2D eigenvalue weighted by Crippen LogP contribution is 2.34. The van der Waals surface area contributed by atoms with Crippen LogP contribution >= 0.6 is 11.3 Å². The fourth-order valence-corrected chi connectivity index (χ4v) is 6.58. The van der Waals surface area contributed by atoms with Gasteiger partial charge in [-0.25, -0.2) is 4.98 Å². The smallest absolute Gasteiger partial charge is 0.306 e. The molecule has 0 bridgehead atoms. The summed E-state index contributed by atoms with van der Waals surface area (Å²) in [5.74, 6) is -0.424. The fourth-order valence-electron chi connectivity index (χ4n) is 5.64. The maximum atomic E-state index is 13.2. The van der Waals surface area contributed by atoms with Crippen molar-refractivity contribution in [2.45, 2.75) is 65.5 Å². The van der Waals surface area contributed by atoms with E-state index in [9.17, 15) is 14.7 Å². The summed E-state index contributed by atoms with van der Waals surface area (Å²) in [7, 11) is 0. The van der Waals surface area contributed by atoms with E-state index in [4.69, 9.17) is 4.98 Å². The zero-order chi connectivity index (χ0) is 23.1. The standard InChI is InChI=1S/C26H31N3O3S/c1-16-12-20(17(2)33-16)14-29-23-15-28(11-9-21(23)22-4-3-10-27-25(22)29)24(30)13-18-5-7-19(8-6-18)26(31)32/h3-4,10,12,18-19H,5-9,11,13-15H2,1-2H3,(H,31,32). The number of hydrogen-bond donors (Lipinski definition) is 1. The zero-order valence-corrected chi connectivity index (χ0v) is 20.2. The van der Waals surface area contributed by atoms with Crippen LogP contribution in [-0.2, 0) is 29.1 Å². The molecule has 1 fully saturated rings. The van der Waals surface area contributed by atoms with E-state index in [-0.39, 0.29) is 11.8 Å². The second-order valence-electron chi connectivity index (χ2n) is 9.65. The number of carbonyl (C=O) groups is 2. The molecule has 3 aromatic rings. The highest BCUT2D eigenvalue weighted by molar-refractivity contribution is 7.12. The predicted octanol–water partition coefficient (Wildman–Crippen LogP) is 4.93. The number of carboxylic acid groups (broad SMARTS) is 1. The summed E-state index contributed by atoms with van der Waals surface area (Å²) in [6.45, 7) is 6.46. The Morgan fingerprint density at radius 2 is 2.00 bits per heavy atom. The third kappa shape index (κ3) is 4.31. The van der Waals surface area contributed by atoms with E-state index in [1.54, 1.807) is 0 Å². The Labute approximate surface area is 198 Å². The van der Waals surface area contributed by atoms with E-state index >= 15 is 0 Å². The lowest BCUT2D eigenvalue weighted by atomic mass is 9.80. The number of amides is 1. The topological polar surface area (TPSA) is 75.4 Å². The van der Waals surface area contributed by atoms with E-state index < -0.39 is 5.97 Å². The number of pyridine rings is 1. The van der Waals surface area contributed by atoms with E-state index in [0.29, 0.717) is 31.7 Å². The minimum Gasteiger partial charge on any atom is -0.481 e. The Balaban J connectivity index is 1.36. The molecule has 3 aromatic heterocycles. The Kier molecular flexibility index (Phi) is 5.99. The van der Waals surface area contributed by atoms with Crippen LogP contribution in [0.25, 0.3) is 11.0 Å². The maximum Gasteiger partial charge on any atom is 0.306 e. The molecule has 5 rings (SSSR count). The largest absolute Gasteiger partial charge is 0.481 e. The molecule has 33 heavy (non-hydrogen) atoms. The first-order valence-electron chi connectivity index (χ1n) is 11.9. The van der Waals surface area contributed by atoms with Gasteiger partial charge in [-0.05, 0) is 81.2 Å². The summed E-state index contributed by atoms with van der Waals surface area (Å²) in [4.78, 5) is 33.8. The summed E-state index contributed by atoms with van der Waals surface area (Å²) >= 11 is 1.83.